The molecule has 0 radical (unpaired) electrons. The van der Waals surface area contributed by atoms with Crippen molar-refractivity contribution in [2.24, 2.45) is 0 Å². The number of ether oxygens (including phenoxy) is 1. The molecule has 0 saturated carbocycles. The predicted molar refractivity (Wildman–Crippen MR) is 68.1 cm³/mol. The van der Waals surface area contributed by atoms with Gasteiger partial charge in [-0.2, -0.15) is 0 Å². The maximum Gasteiger partial charge on any atom is 0.220 e. The van der Waals surface area contributed by atoms with E-state index in [1.54, 1.807) is 11.3 Å². The number of hydrogen-bond donors (Lipinski definition) is 2. The first-order chi connectivity index (χ1) is 8.22. The fourth-order valence-corrected chi connectivity index (χ4v) is 2.20. The van der Waals surface area contributed by atoms with E-state index < -0.39 is 6.10 Å². The average molecular weight is 257 g/mol. The van der Waals surface area contributed by atoms with Crippen molar-refractivity contribution in [1.82, 2.24) is 5.32 Å². The van der Waals surface area contributed by atoms with Crippen LogP contribution in [0.3, 0.4) is 0 Å². The Morgan fingerprint density at radius 3 is 3.12 bits per heavy atom. The highest BCUT2D eigenvalue weighted by Crippen LogP contribution is 2.11. The summed E-state index contributed by atoms with van der Waals surface area (Å²) < 4.78 is 4.77. The second-order valence-electron chi connectivity index (χ2n) is 3.85. The van der Waals surface area contributed by atoms with E-state index in [4.69, 9.17) is 4.74 Å². The van der Waals surface area contributed by atoms with Crippen molar-refractivity contribution in [3.05, 3.63) is 22.4 Å². The largest absolute Gasteiger partial charge is 0.389 e. The minimum Gasteiger partial charge on any atom is -0.389 e. The third-order valence-electron chi connectivity index (χ3n) is 2.30. The van der Waals surface area contributed by atoms with Crippen molar-refractivity contribution >= 4 is 17.2 Å². The van der Waals surface area contributed by atoms with Gasteiger partial charge in [0.05, 0.1) is 12.7 Å². The Labute approximate surface area is 106 Å². The van der Waals surface area contributed by atoms with Crippen LogP contribution in [-0.4, -0.2) is 37.4 Å². The van der Waals surface area contributed by atoms with Crippen molar-refractivity contribution in [2.75, 3.05) is 20.3 Å². The Bertz CT molecular complexity index is 314. The van der Waals surface area contributed by atoms with Gasteiger partial charge < -0.3 is 15.2 Å². The molecule has 1 amide bonds. The Morgan fingerprint density at radius 2 is 2.47 bits per heavy atom. The maximum atomic E-state index is 11.4. The van der Waals surface area contributed by atoms with E-state index in [2.05, 4.69) is 11.4 Å². The second-order valence-corrected chi connectivity index (χ2v) is 4.88. The number of carbonyl (C=O) groups excluding carboxylic acids is 1. The zero-order valence-corrected chi connectivity index (χ0v) is 10.8. The fourth-order valence-electron chi connectivity index (χ4n) is 1.45. The molecular weight excluding hydrogens is 238 g/mol. The number of hydrogen-bond acceptors (Lipinski definition) is 4. The molecule has 1 unspecified atom stereocenters. The molecule has 17 heavy (non-hydrogen) atoms. The van der Waals surface area contributed by atoms with E-state index in [9.17, 15) is 9.90 Å². The highest BCUT2D eigenvalue weighted by atomic mass is 32.1. The van der Waals surface area contributed by atoms with Crippen molar-refractivity contribution in [3.8, 4) is 0 Å². The molecule has 1 rings (SSSR count). The van der Waals surface area contributed by atoms with E-state index >= 15 is 0 Å². The number of thiophene rings is 1. The summed E-state index contributed by atoms with van der Waals surface area (Å²) in [7, 11) is 1.52. The van der Waals surface area contributed by atoms with Crippen molar-refractivity contribution < 1.29 is 14.6 Å². The average Bonchev–Trinajstić information content (AvgIpc) is 2.80. The molecule has 0 bridgehead atoms. The van der Waals surface area contributed by atoms with E-state index in [1.165, 1.54) is 12.0 Å². The van der Waals surface area contributed by atoms with E-state index in [0.29, 0.717) is 6.42 Å². The van der Waals surface area contributed by atoms with E-state index in [1.807, 2.05) is 11.4 Å². The minimum absolute atomic E-state index is 0.0169. The van der Waals surface area contributed by atoms with Gasteiger partial charge in [0.15, 0.2) is 0 Å². The molecule has 96 valence electrons. The lowest BCUT2D eigenvalue weighted by Crippen LogP contribution is -2.34. The van der Waals surface area contributed by atoms with Gasteiger partial charge in [0.2, 0.25) is 5.91 Å². The Balaban J connectivity index is 2.05. The normalized spacial score (nSPS) is 12.4. The molecule has 1 heterocycles. The van der Waals surface area contributed by atoms with Crippen LogP contribution in [0.4, 0.5) is 0 Å². The number of methoxy groups -OCH3 is 1. The van der Waals surface area contributed by atoms with Crippen LogP contribution >= 0.6 is 11.3 Å². The molecule has 0 aliphatic heterocycles. The van der Waals surface area contributed by atoms with E-state index in [-0.39, 0.29) is 19.1 Å². The van der Waals surface area contributed by atoms with Gasteiger partial charge in [0, 0.05) is 25.0 Å². The lowest BCUT2D eigenvalue weighted by Gasteiger charge is -2.10. The molecule has 2 N–H and O–H groups in total. The lowest BCUT2D eigenvalue weighted by atomic mass is 10.2. The van der Waals surface area contributed by atoms with Crippen molar-refractivity contribution in [2.45, 2.75) is 25.4 Å². The molecule has 0 fully saturated rings. The van der Waals surface area contributed by atoms with Crippen LogP contribution in [0.15, 0.2) is 17.5 Å². The summed E-state index contributed by atoms with van der Waals surface area (Å²) in [6.45, 7) is 0.501. The van der Waals surface area contributed by atoms with Crippen LogP contribution in [0.2, 0.25) is 0 Å². The van der Waals surface area contributed by atoms with Crippen LogP contribution in [0.5, 0.6) is 0 Å². The summed E-state index contributed by atoms with van der Waals surface area (Å²) in [5, 5.41) is 14.1. The van der Waals surface area contributed by atoms with Gasteiger partial charge >= 0.3 is 0 Å². The third kappa shape index (κ3) is 6.41. The summed E-state index contributed by atoms with van der Waals surface area (Å²) in [6, 6.07) is 4.09. The molecule has 1 aromatic heterocycles. The van der Waals surface area contributed by atoms with Crippen LogP contribution in [0.1, 0.15) is 17.7 Å². The van der Waals surface area contributed by atoms with E-state index in [0.717, 1.165) is 12.8 Å². The number of amides is 1. The molecule has 1 aromatic rings. The zero-order chi connectivity index (χ0) is 12.5. The standard InChI is InChI=1S/C12H19NO3S/c1-16-9-10(14)8-13-12(15)6-2-4-11-5-3-7-17-11/h3,5,7,10,14H,2,4,6,8-9H2,1H3,(H,13,15). The number of aliphatic hydroxyl groups excluding tert-OH is 1. The molecule has 1 atom stereocenters. The Kier molecular flexibility index (Phi) is 6.84. The van der Waals surface area contributed by atoms with Crippen molar-refractivity contribution in [1.29, 1.82) is 0 Å². The monoisotopic (exact) mass is 257 g/mol. The molecule has 0 spiro atoms. The summed E-state index contributed by atoms with van der Waals surface area (Å²) in [6.07, 6.45) is 1.65. The first-order valence-electron chi connectivity index (χ1n) is 5.68. The maximum absolute atomic E-state index is 11.4. The summed E-state index contributed by atoms with van der Waals surface area (Å²) >= 11 is 1.71. The third-order valence-corrected chi connectivity index (χ3v) is 3.24. The van der Waals surface area contributed by atoms with Crippen molar-refractivity contribution in [3.63, 3.8) is 0 Å². The summed E-state index contributed by atoms with van der Waals surface area (Å²) in [4.78, 5) is 12.7. The Hall–Kier alpha value is -0.910. The molecule has 0 aliphatic carbocycles. The molecule has 0 aliphatic rings. The van der Waals surface area contributed by atoms with Gasteiger partial charge in [0.25, 0.3) is 0 Å². The Morgan fingerprint density at radius 1 is 1.65 bits per heavy atom. The van der Waals surface area contributed by atoms with Crippen LogP contribution in [-0.2, 0) is 16.0 Å². The van der Waals surface area contributed by atoms with Gasteiger partial charge in [-0.25, -0.2) is 0 Å². The number of nitrogens with one attached hydrogen (secondary N) is 1. The molecule has 4 nitrogen and oxygen atoms in total. The van der Waals surface area contributed by atoms with Gasteiger partial charge in [-0.3, -0.25) is 4.79 Å². The van der Waals surface area contributed by atoms with Gasteiger partial charge in [0.1, 0.15) is 0 Å². The zero-order valence-electron chi connectivity index (χ0n) is 10.0. The highest BCUT2D eigenvalue weighted by Gasteiger charge is 2.06. The SMILES string of the molecule is COCC(O)CNC(=O)CCCc1cccs1. The molecular formula is C12H19NO3S. The van der Waals surface area contributed by atoms with Crippen LogP contribution in [0, 0.1) is 0 Å². The quantitative estimate of drug-likeness (QED) is 0.735. The van der Waals surface area contributed by atoms with Crippen LogP contribution < -0.4 is 5.32 Å². The smallest absolute Gasteiger partial charge is 0.220 e. The summed E-state index contributed by atoms with van der Waals surface area (Å²) in [5.41, 5.74) is 0. The molecule has 0 aromatic carbocycles. The first kappa shape index (κ1) is 14.2. The number of rotatable bonds is 8. The summed E-state index contributed by atoms with van der Waals surface area (Å²) in [5.74, 6) is -0.0169. The minimum atomic E-state index is -0.624. The second kappa shape index (κ2) is 8.22. The van der Waals surface area contributed by atoms with Gasteiger partial charge in [-0.15, -0.1) is 11.3 Å². The van der Waals surface area contributed by atoms with Gasteiger partial charge in [-0.05, 0) is 24.3 Å². The number of aryl methyl sites for hydroxylation is 1. The topological polar surface area (TPSA) is 58.6 Å². The lowest BCUT2D eigenvalue weighted by molar-refractivity contribution is -0.121. The first-order valence-corrected chi connectivity index (χ1v) is 6.56. The van der Waals surface area contributed by atoms with Crippen LogP contribution in [0.25, 0.3) is 0 Å². The number of aliphatic hydroxyl groups is 1. The molecule has 5 heteroatoms. The van der Waals surface area contributed by atoms with Gasteiger partial charge in [-0.1, -0.05) is 6.07 Å². The fraction of sp³-hybridized carbons (Fsp3) is 0.583. The highest BCUT2D eigenvalue weighted by molar-refractivity contribution is 7.09. The number of carbonyl (C=O) groups is 1. The molecule has 0 saturated heterocycles. The predicted octanol–water partition coefficient (Wildman–Crippen LogP) is 1.19.